The summed E-state index contributed by atoms with van der Waals surface area (Å²) < 4.78 is 11.1. The van der Waals surface area contributed by atoms with Crippen molar-refractivity contribution in [3.8, 4) is 11.5 Å². The van der Waals surface area contributed by atoms with Crippen LogP contribution in [0.4, 0.5) is 0 Å². The minimum Gasteiger partial charge on any atom is -0.493 e. The van der Waals surface area contributed by atoms with E-state index in [2.05, 4.69) is 0 Å². The lowest BCUT2D eigenvalue weighted by molar-refractivity contribution is 0.0903. The van der Waals surface area contributed by atoms with Crippen molar-refractivity contribution in [2.24, 2.45) is 0 Å². The fourth-order valence-electron chi connectivity index (χ4n) is 1.78. The summed E-state index contributed by atoms with van der Waals surface area (Å²) in [4.78, 5) is 11.3. The number of rotatable bonds is 8. The molecule has 2 aromatic rings. The molecule has 0 amide bonds. The lowest BCUT2D eigenvalue weighted by atomic mass is 10.1. The van der Waals surface area contributed by atoms with E-state index < -0.39 is 6.61 Å². The van der Waals surface area contributed by atoms with Gasteiger partial charge in [-0.1, -0.05) is 18.2 Å². The number of aliphatic hydroxyl groups is 1. The number of hydrogen-bond donors (Lipinski definition) is 1. The van der Waals surface area contributed by atoms with Gasteiger partial charge >= 0.3 is 0 Å². The van der Waals surface area contributed by atoms with E-state index in [1.54, 1.807) is 24.3 Å². The fraction of sp³-hybridized carbons (Fsp3) is 0.235. The SMILES string of the molecule is O=C(CO)c1ccc(OCCCOc2ccccc2)cc1. The first-order valence-electron chi connectivity index (χ1n) is 6.84. The molecule has 0 unspecified atom stereocenters. The van der Waals surface area contributed by atoms with Crippen LogP contribution in [-0.4, -0.2) is 30.7 Å². The molecule has 0 aliphatic carbocycles. The predicted octanol–water partition coefficient (Wildman–Crippen LogP) is 2.71. The average Bonchev–Trinajstić information content (AvgIpc) is 2.55. The molecule has 2 rings (SSSR count). The molecule has 0 bridgehead atoms. The molecule has 21 heavy (non-hydrogen) atoms. The van der Waals surface area contributed by atoms with E-state index in [0.717, 1.165) is 12.2 Å². The van der Waals surface area contributed by atoms with Crippen molar-refractivity contribution < 1.29 is 19.4 Å². The van der Waals surface area contributed by atoms with E-state index in [1.807, 2.05) is 30.3 Å². The van der Waals surface area contributed by atoms with E-state index in [0.29, 0.717) is 24.5 Å². The van der Waals surface area contributed by atoms with Crippen LogP contribution in [0.2, 0.25) is 0 Å². The van der Waals surface area contributed by atoms with Crippen LogP contribution in [0.25, 0.3) is 0 Å². The number of benzene rings is 2. The summed E-state index contributed by atoms with van der Waals surface area (Å²) in [6, 6.07) is 16.4. The molecule has 0 radical (unpaired) electrons. The zero-order valence-electron chi connectivity index (χ0n) is 11.7. The molecule has 1 N–H and O–H groups in total. The minimum absolute atomic E-state index is 0.294. The van der Waals surface area contributed by atoms with E-state index in [1.165, 1.54) is 0 Å². The number of ether oxygens (including phenoxy) is 2. The summed E-state index contributed by atoms with van der Waals surface area (Å²) in [7, 11) is 0. The van der Waals surface area contributed by atoms with E-state index >= 15 is 0 Å². The number of carbonyl (C=O) groups excluding carboxylic acids is 1. The maximum atomic E-state index is 11.3. The first-order chi connectivity index (χ1) is 10.3. The Morgan fingerprint density at radius 2 is 1.43 bits per heavy atom. The molecule has 2 aromatic carbocycles. The first-order valence-corrected chi connectivity index (χ1v) is 6.84. The highest BCUT2D eigenvalue weighted by Crippen LogP contribution is 2.13. The van der Waals surface area contributed by atoms with Crippen LogP contribution in [0.5, 0.6) is 11.5 Å². The molecular formula is C17H18O4. The highest BCUT2D eigenvalue weighted by Gasteiger charge is 2.03. The van der Waals surface area contributed by atoms with E-state index in [9.17, 15) is 4.79 Å². The number of carbonyl (C=O) groups is 1. The molecule has 4 nitrogen and oxygen atoms in total. The van der Waals surface area contributed by atoms with Crippen molar-refractivity contribution in [1.82, 2.24) is 0 Å². The summed E-state index contributed by atoms with van der Waals surface area (Å²) in [6.07, 6.45) is 0.770. The largest absolute Gasteiger partial charge is 0.493 e. The number of para-hydroxylation sites is 1. The van der Waals surface area contributed by atoms with Crippen molar-refractivity contribution in [2.45, 2.75) is 6.42 Å². The van der Waals surface area contributed by atoms with Gasteiger partial charge in [0.2, 0.25) is 0 Å². The zero-order chi connectivity index (χ0) is 14.9. The first kappa shape index (κ1) is 15.1. The van der Waals surface area contributed by atoms with Gasteiger partial charge in [0, 0.05) is 12.0 Å². The van der Waals surface area contributed by atoms with Gasteiger partial charge in [0.1, 0.15) is 18.1 Å². The Bertz CT molecular complexity index is 549. The molecule has 4 heteroatoms. The Hall–Kier alpha value is -2.33. The summed E-state index contributed by atoms with van der Waals surface area (Å²) in [5, 5.41) is 8.76. The van der Waals surface area contributed by atoms with Crippen molar-refractivity contribution in [1.29, 1.82) is 0 Å². The van der Waals surface area contributed by atoms with Crippen molar-refractivity contribution in [3.63, 3.8) is 0 Å². The minimum atomic E-state index is -0.475. The average molecular weight is 286 g/mol. The third-order valence-electron chi connectivity index (χ3n) is 2.89. The third-order valence-corrected chi connectivity index (χ3v) is 2.89. The molecule has 0 spiro atoms. The van der Waals surface area contributed by atoms with Gasteiger partial charge in [-0.05, 0) is 36.4 Å². The number of hydrogen-bond acceptors (Lipinski definition) is 4. The van der Waals surface area contributed by atoms with Gasteiger partial charge in [-0.2, -0.15) is 0 Å². The Kier molecular flexibility index (Phi) is 5.79. The van der Waals surface area contributed by atoms with E-state index in [4.69, 9.17) is 14.6 Å². The van der Waals surface area contributed by atoms with Gasteiger partial charge in [-0.25, -0.2) is 0 Å². The molecule has 110 valence electrons. The normalized spacial score (nSPS) is 10.1. The van der Waals surface area contributed by atoms with Gasteiger partial charge < -0.3 is 14.6 Å². The Morgan fingerprint density at radius 3 is 2.00 bits per heavy atom. The highest BCUT2D eigenvalue weighted by molar-refractivity contribution is 5.96. The quantitative estimate of drug-likeness (QED) is 0.599. The van der Waals surface area contributed by atoms with E-state index in [-0.39, 0.29) is 5.78 Å². The fourth-order valence-corrected chi connectivity index (χ4v) is 1.78. The molecule has 0 heterocycles. The number of aliphatic hydroxyl groups excluding tert-OH is 1. The third kappa shape index (κ3) is 4.93. The van der Waals surface area contributed by atoms with Crippen LogP contribution in [0.15, 0.2) is 54.6 Å². The van der Waals surface area contributed by atoms with Gasteiger partial charge in [0.05, 0.1) is 13.2 Å². The molecular weight excluding hydrogens is 268 g/mol. The molecule has 0 aliphatic rings. The summed E-state index contributed by atoms with van der Waals surface area (Å²) in [5.74, 6) is 1.26. The van der Waals surface area contributed by atoms with Crippen LogP contribution in [-0.2, 0) is 0 Å². The lowest BCUT2D eigenvalue weighted by Crippen LogP contribution is -2.06. The van der Waals surface area contributed by atoms with Gasteiger partial charge in [0.25, 0.3) is 0 Å². The van der Waals surface area contributed by atoms with Crippen LogP contribution in [0.3, 0.4) is 0 Å². The second-order valence-corrected chi connectivity index (χ2v) is 4.47. The predicted molar refractivity (Wildman–Crippen MR) is 79.9 cm³/mol. The lowest BCUT2D eigenvalue weighted by Gasteiger charge is -2.08. The number of ketones is 1. The highest BCUT2D eigenvalue weighted by atomic mass is 16.5. The second-order valence-electron chi connectivity index (χ2n) is 4.47. The summed E-state index contributed by atoms with van der Waals surface area (Å²) in [6.45, 7) is 0.655. The summed E-state index contributed by atoms with van der Waals surface area (Å²) >= 11 is 0. The topological polar surface area (TPSA) is 55.8 Å². The molecule has 0 saturated carbocycles. The molecule has 0 fully saturated rings. The van der Waals surface area contributed by atoms with Crippen LogP contribution in [0.1, 0.15) is 16.8 Å². The van der Waals surface area contributed by atoms with Gasteiger partial charge in [-0.3, -0.25) is 4.79 Å². The Labute approximate surface area is 123 Å². The van der Waals surface area contributed by atoms with Crippen molar-refractivity contribution in [3.05, 3.63) is 60.2 Å². The molecule has 0 atom stereocenters. The number of Topliss-reactive ketones (excluding diaryl/α,β-unsaturated/α-hetero) is 1. The zero-order valence-corrected chi connectivity index (χ0v) is 11.7. The smallest absolute Gasteiger partial charge is 0.188 e. The standard InChI is InChI=1S/C17H18O4/c18-13-17(19)14-7-9-16(10-8-14)21-12-4-11-20-15-5-2-1-3-6-15/h1-3,5-10,18H,4,11-13H2. The molecule has 0 aliphatic heterocycles. The maximum Gasteiger partial charge on any atom is 0.188 e. The van der Waals surface area contributed by atoms with Gasteiger partial charge in [0.15, 0.2) is 5.78 Å². The molecule has 0 saturated heterocycles. The Balaban J connectivity index is 1.68. The monoisotopic (exact) mass is 286 g/mol. The van der Waals surface area contributed by atoms with Crippen molar-refractivity contribution >= 4 is 5.78 Å². The van der Waals surface area contributed by atoms with Crippen LogP contribution >= 0.6 is 0 Å². The second kappa shape index (κ2) is 8.07. The Morgan fingerprint density at radius 1 is 0.857 bits per heavy atom. The van der Waals surface area contributed by atoms with Crippen LogP contribution in [0, 0.1) is 0 Å². The van der Waals surface area contributed by atoms with Crippen molar-refractivity contribution in [2.75, 3.05) is 19.8 Å². The van der Waals surface area contributed by atoms with Gasteiger partial charge in [-0.15, -0.1) is 0 Å². The molecule has 0 aromatic heterocycles. The maximum absolute atomic E-state index is 11.3. The van der Waals surface area contributed by atoms with Crippen LogP contribution < -0.4 is 9.47 Å². The summed E-state index contributed by atoms with van der Waals surface area (Å²) in [5.41, 5.74) is 0.484.